The molecular weight excluding hydrogens is 334 g/mol. The SMILES string of the molecule is C[C@@H](c1cccc([N+](=O)[O-])c1)N(C)C(=S)Nc1ccc(Cl)cc1. The van der Waals surface area contributed by atoms with Crippen molar-refractivity contribution in [2.45, 2.75) is 13.0 Å². The minimum atomic E-state index is -0.402. The smallest absolute Gasteiger partial charge is 0.269 e. The van der Waals surface area contributed by atoms with Crippen LogP contribution in [-0.4, -0.2) is 22.0 Å². The summed E-state index contributed by atoms with van der Waals surface area (Å²) in [4.78, 5) is 12.3. The largest absolute Gasteiger partial charge is 0.345 e. The zero-order valence-corrected chi connectivity index (χ0v) is 14.3. The van der Waals surface area contributed by atoms with Gasteiger partial charge in [0.2, 0.25) is 0 Å². The van der Waals surface area contributed by atoms with Crippen molar-refractivity contribution in [2.75, 3.05) is 12.4 Å². The molecule has 5 nitrogen and oxygen atoms in total. The van der Waals surface area contributed by atoms with E-state index in [0.29, 0.717) is 10.1 Å². The number of nitrogens with one attached hydrogen (secondary N) is 1. The average molecular weight is 350 g/mol. The van der Waals surface area contributed by atoms with E-state index in [9.17, 15) is 10.1 Å². The number of rotatable bonds is 4. The van der Waals surface area contributed by atoms with E-state index in [1.807, 2.05) is 37.1 Å². The van der Waals surface area contributed by atoms with E-state index in [-0.39, 0.29) is 11.7 Å². The Morgan fingerprint density at radius 2 is 1.96 bits per heavy atom. The van der Waals surface area contributed by atoms with Crippen LogP contribution >= 0.6 is 23.8 Å². The van der Waals surface area contributed by atoms with Crippen molar-refractivity contribution >= 4 is 40.3 Å². The summed E-state index contributed by atoms with van der Waals surface area (Å²) in [6.07, 6.45) is 0. The Morgan fingerprint density at radius 1 is 1.30 bits per heavy atom. The van der Waals surface area contributed by atoms with Crippen LogP contribution in [0.15, 0.2) is 48.5 Å². The number of benzene rings is 2. The van der Waals surface area contributed by atoms with Gasteiger partial charge in [-0.2, -0.15) is 0 Å². The number of hydrogen-bond acceptors (Lipinski definition) is 3. The van der Waals surface area contributed by atoms with Crippen molar-refractivity contribution in [3.8, 4) is 0 Å². The number of anilines is 1. The van der Waals surface area contributed by atoms with Gasteiger partial charge in [0.15, 0.2) is 5.11 Å². The summed E-state index contributed by atoms with van der Waals surface area (Å²) in [5.74, 6) is 0. The zero-order valence-electron chi connectivity index (χ0n) is 12.7. The number of nitrogens with zero attached hydrogens (tertiary/aromatic N) is 2. The molecule has 0 amide bonds. The maximum atomic E-state index is 10.9. The highest BCUT2D eigenvalue weighted by Crippen LogP contribution is 2.24. The second-order valence-corrected chi connectivity index (χ2v) is 5.90. The molecule has 0 unspecified atom stereocenters. The van der Waals surface area contributed by atoms with Gasteiger partial charge in [0.05, 0.1) is 11.0 Å². The van der Waals surface area contributed by atoms with Gasteiger partial charge in [0.1, 0.15) is 0 Å². The highest BCUT2D eigenvalue weighted by molar-refractivity contribution is 7.80. The van der Waals surface area contributed by atoms with Crippen LogP contribution in [0.5, 0.6) is 0 Å². The van der Waals surface area contributed by atoms with Crippen LogP contribution in [0.4, 0.5) is 11.4 Å². The molecule has 0 saturated carbocycles. The molecule has 0 saturated heterocycles. The van der Waals surface area contributed by atoms with E-state index in [4.69, 9.17) is 23.8 Å². The second-order valence-electron chi connectivity index (χ2n) is 5.08. The van der Waals surface area contributed by atoms with Crippen LogP contribution in [0.2, 0.25) is 5.02 Å². The Kier molecular flexibility index (Phi) is 5.52. The van der Waals surface area contributed by atoms with Crippen LogP contribution in [0.3, 0.4) is 0 Å². The quantitative estimate of drug-likeness (QED) is 0.495. The van der Waals surface area contributed by atoms with Gasteiger partial charge in [-0.3, -0.25) is 10.1 Å². The standard InChI is InChI=1S/C16H16ClN3O2S/c1-11(12-4-3-5-15(10-12)20(21)22)19(2)16(23)18-14-8-6-13(17)7-9-14/h3-11H,1-2H3,(H,18,23)/t11-/m0/s1. The third-order valence-corrected chi connectivity index (χ3v) is 4.20. The molecular formula is C16H16ClN3O2S. The third kappa shape index (κ3) is 4.40. The zero-order chi connectivity index (χ0) is 17.0. The van der Waals surface area contributed by atoms with Gasteiger partial charge in [-0.25, -0.2) is 0 Å². The summed E-state index contributed by atoms with van der Waals surface area (Å²) in [6, 6.07) is 13.7. The first kappa shape index (κ1) is 17.2. The molecule has 0 spiro atoms. The minimum absolute atomic E-state index is 0.0688. The van der Waals surface area contributed by atoms with Gasteiger partial charge in [-0.15, -0.1) is 0 Å². The van der Waals surface area contributed by atoms with Crippen molar-refractivity contribution in [2.24, 2.45) is 0 Å². The fourth-order valence-electron chi connectivity index (χ4n) is 2.04. The predicted molar refractivity (Wildman–Crippen MR) is 96.9 cm³/mol. The molecule has 120 valence electrons. The van der Waals surface area contributed by atoms with Gasteiger partial charge in [-0.1, -0.05) is 23.7 Å². The van der Waals surface area contributed by atoms with E-state index >= 15 is 0 Å². The number of nitro benzene ring substituents is 1. The third-order valence-electron chi connectivity index (χ3n) is 3.56. The first-order chi connectivity index (χ1) is 10.9. The number of thiocarbonyl (C=S) groups is 1. The highest BCUT2D eigenvalue weighted by atomic mass is 35.5. The average Bonchev–Trinajstić information content (AvgIpc) is 2.55. The summed E-state index contributed by atoms with van der Waals surface area (Å²) in [6.45, 7) is 1.94. The Morgan fingerprint density at radius 3 is 2.57 bits per heavy atom. The topological polar surface area (TPSA) is 58.4 Å². The number of nitro groups is 1. The summed E-state index contributed by atoms with van der Waals surface area (Å²) < 4.78 is 0. The van der Waals surface area contributed by atoms with Gasteiger partial charge >= 0.3 is 0 Å². The Hall–Kier alpha value is -2.18. The first-order valence-electron chi connectivity index (χ1n) is 6.92. The number of hydrogen-bond donors (Lipinski definition) is 1. The summed E-state index contributed by atoms with van der Waals surface area (Å²) in [7, 11) is 1.84. The fraction of sp³-hybridized carbons (Fsp3) is 0.188. The molecule has 0 heterocycles. The Bertz CT molecular complexity index is 722. The van der Waals surface area contributed by atoms with E-state index in [1.165, 1.54) is 6.07 Å². The van der Waals surface area contributed by atoms with Crippen LogP contribution in [0.25, 0.3) is 0 Å². The summed E-state index contributed by atoms with van der Waals surface area (Å²) in [5.41, 5.74) is 1.72. The number of halogens is 1. The predicted octanol–water partition coefficient (Wildman–Crippen LogP) is 4.64. The molecule has 1 atom stereocenters. The van der Waals surface area contributed by atoms with Crippen LogP contribution in [-0.2, 0) is 0 Å². The second kappa shape index (κ2) is 7.39. The molecule has 0 radical (unpaired) electrons. The lowest BCUT2D eigenvalue weighted by Crippen LogP contribution is -2.33. The normalized spacial score (nSPS) is 11.6. The summed E-state index contributed by atoms with van der Waals surface area (Å²) in [5, 5.41) is 15.2. The van der Waals surface area contributed by atoms with Crippen LogP contribution in [0.1, 0.15) is 18.5 Å². The molecule has 0 fully saturated rings. The van der Waals surface area contributed by atoms with Crippen LogP contribution < -0.4 is 5.32 Å². The Labute approximate surface area is 145 Å². The highest BCUT2D eigenvalue weighted by Gasteiger charge is 2.17. The van der Waals surface area contributed by atoms with Crippen LogP contribution in [0, 0.1) is 10.1 Å². The minimum Gasteiger partial charge on any atom is -0.345 e. The molecule has 0 bridgehead atoms. The van der Waals surface area contributed by atoms with Crippen molar-refractivity contribution in [3.05, 3.63) is 69.2 Å². The molecule has 0 aliphatic carbocycles. The van der Waals surface area contributed by atoms with E-state index in [1.54, 1.807) is 24.3 Å². The molecule has 1 N–H and O–H groups in total. The molecule has 0 aromatic heterocycles. The molecule has 0 aliphatic heterocycles. The lowest BCUT2D eigenvalue weighted by molar-refractivity contribution is -0.384. The lowest BCUT2D eigenvalue weighted by Gasteiger charge is -2.28. The summed E-state index contributed by atoms with van der Waals surface area (Å²) >= 11 is 11.3. The van der Waals surface area contributed by atoms with Gasteiger partial charge in [-0.05, 0) is 49.0 Å². The van der Waals surface area contributed by atoms with E-state index in [2.05, 4.69) is 5.32 Å². The molecule has 23 heavy (non-hydrogen) atoms. The molecule has 2 aromatic carbocycles. The molecule has 7 heteroatoms. The fourth-order valence-corrected chi connectivity index (χ4v) is 2.44. The van der Waals surface area contributed by atoms with Crippen molar-refractivity contribution < 1.29 is 4.92 Å². The van der Waals surface area contributed by atoms with Crippen molar-refractivity contribution in [3.63, 3.8) is 0 Å². The lowest BCUT2D eigenvalue weighted by atomic mass is 10.1. The van der Waals surface area contributed by atoms with Gasteiger partial charge in [0.25, 0.3) is 5.69 Å². The Balaban J connectivity index is 2.10. The van der Waals surface area contributed by atoms with Gasteiger partial charge < -0.3 is 10.2 Å². The van der Waals surface area contributed by atoms with Crippen molar-refractivity contribution in [1.82, 2.24) is 4.90 Å². The van der Waals surface area contributed by atoms with E-state index in [0.717, 1.165) is 11.3 Å². The molecule has 2 aromatic rings. The number of non-ortho nitro benzene ring substituents is 1. The monoisotopic (exact) mass is 349 g/mol. The van der Waals surface area contributed by atoms with Crippen molar-refractivity contribution in [1.29, 1.82) is 0 Å². The molecule has 0 aliphatic rings. The van der Waals surface area contributed by atoms with E-state index < -0.39 is 4.92 Å². The maximum absolute atomic E-state index is 10.9. The maximum Gasteiger partial charge on any atom is 0.269 e. The first-order valence-corrected chi connectivity index (χ1v) is 7.71. The van der Waals surface area contributed by atoms with Gasteiger partial charge in [0, 0.05) is 29.9 Å². The molecule has 2 rings (SSSR count).